The van der Waals surface area contributed by atoms with Crippen LogP contribution in [-0.4, -0.2) is 25.3 Å². The maximum Gasteiger partial charge on any atom is 0.346 e. The minimum atomic E-state index is -1.24. The van der Waals surface area contributed by atoms with E-state index in [1.807, 2.05) is 60.7 Å². The summed E-state index contributed by atoms with van der Waals surface area (Å²) in [6, 6.07) is 41.8. The van der Waals surface area contributed by atoms with E-state index in [-0.39, 0.29) is 5.57 Å². The van der Waals surface area contributed by atoms with E-state index >= 15 is 0 Å². The molecule has 0 fully saturated rings. The molecule has 0 radical (unpaired) electrons. The Morgan fingerprint density at radius 1 is 0.619 bits per heavy atom. The van der Waals surface area contributed by atoms with Gasteiger partial charge >= 0.3 is 5.97 Å². The number of aliphatic carboxylic acids is 1. The van der Waals surface area contributed by atoms with Crippen molar-refractivity contribution >= 4 is 29.1 Å². The molecule has 0 spiro atoms. The van der Waals surface area contributed by atoms with Crippen molar-refractivity contribution in [1.82, 2.24) is 0 Å². The van der Waals surface area contributed by atoms with E-state index < -0.39 is 5.97 Å². The number of ether oxygens (including phenoxy) is 2. The number of carbonyl (C=O) groups is 1. The Balaban J connectivity index is 1.38. The summed E-state index contributed by atoms with van der Waals surface area (Å²) in [6.45, 7) is 0. The number of nitriles is 1. The molecule has 6 nitrogen and oxygen atoms in total. The van der Waals surface area contributed by atoms with Gasteiger partial charge < -0.3 is 19.5 Å². The lowest BCUT2D eigenvalue weighted by molar-refractivity contribution is -0.132. The normalized spacial score (nSPS) is 10.9. The summed E-state index contributed by atoms with van der Waals surface area (Å²) in [7, 11) is 3.32. The average molecular weight is 553 g/mol. The zero-order valence-electron chi connectivity index (χ0n) is 23.2. The van der Waals surface area contributed by atoms with Crippen LogP contribution >= 0.6 is 0 Å². The van der Waals surface area contributed by atoms with E-state index in [0.717, 1.165) is 50.8 Å². The molecule has 0 saturated carbocycles. The van der Waals surface area contributed by atoms with E-state index in [9.17, 15) is 4.79 Å². The molecule has 5 aromatic carbocycles. The number of carboxylic acids is 1. The molecule has 0 amide bonds. The molecule has 0 aliphatic rings. The molecule has 5 rings (SSSR count). The lowest BCUT2D eigenvalue weighted by Gasteiger charge is -2.26. The fourth-order valence-electron chi connectivity index (χ4n) is 4.65. The van der Waals surface area contributed by atoms with Gasteiger partial charge in [-0.05, 0) is 94.6 Å². The van der Waals surface area contributed by atoms with E-state index in [0.29, 0.717) is 5.56 Å². The standard InChI is InChI=1S/C36H28N2O4/c1-41-34-19-15-32(16-20-34)38(33-17-21-35(42-2)22-18-33)31-13-11-29(12-14-31)28-9-7-27(8-10-28)26-5-3-25(4-6-26)23-30(24-37)36(39)40/h3-23H,1-2H3,(H,39,40)/b30-23+. The van der Waals surface area contributed by atoms with Crippen LogP contribution in [0, 0.1) is 11.3 Å². The van der Waals surface area contributed by atoms with Crippen molar-refractivity contribution in [3.63, 3.8) is 0 Å². The van der Waals surface area contributed by atoms with Gasteiger partial charge in [-0.15, -0.1) is 0 Å². The maximum atomic E-state index is 11.1. The molecule has 0 atom stereocenters. The summed E-state index contributed by atoms with van der Waals surface area (Å²) in [5.74, 6) is 0.358. The summed E-state index contributed by atoms with van der Waals surface area (Å²) in [6.07, 6.45) is 1.36. The second-order valence-electron chi connectivity index (χ2n) is 9.45. The third-order valence-corrected chi connectivity index (χ3v) is 6.91. The van der Waals surface area contributed by atoms with Crippen molar-refractivity contribution in [1.29, 1.82) is 5.26 Å². The van der Waals surface area contributed by atoms with Crippen LogP contribution in [0.1, 0.15) is 5.56 Å². The van der Waals surface area contributed by atoms with Crippen LogP contribution in [-0.2, 0) is 4.79 Å². The van der Waals surface area contributed by atoms with Crippen LogP contribution in [0.2, 0.25) is 0 Å². The molecule has 0 heterocycles. The van der Waals surface area contributed by atoms with E-state index in [1.54, 1.807) is 32.4 Å². The van der Waals surface area contributed by atoms with Crippen molar-refractivity contribution < 1.29 is 19.4 Å². The first-order valence-electron chi connectivity index (χ1n) is 13.2. The molecule has 5 aromatic rings. The van der Waals surface area contributed by atoms with Crippen LogP contribution in [0.25, 0.3) is 28.3 Å². The Labute approximate surface area is 244 Å². The third kappa shape index (κ3) is 6.16. The van der Waals surface area contributed by atoms with Crippen molar-refractivity contribution in [3.05, 3.63) is 132 Å². The largest absolute Gasteiger partial charge is 0.497 e. The predicted octanol–water partition coefficient (Wildman–Crippen LogP) is 8.50. The van der Waals surface area contributed by atoms with Crippen LogP contribution < -0.4 is 14.4 Å². The smallest absolute Gasteiger partial charge is 0.346 e. The van der Waals surface area contributed by atoms with Gasteiger partial charge in [0.05, 0.1) is 14.2 Å². The van der Waals surface area contributed by atoms with Gasteiger partial charge in [-0.25, -0.2) is 4.79 Å². The minimum Gasteiger partial charge on any atom is -0.497 e. The molecule has 0 unspecified atom stereocenters. The lowest BCUT2D eigenvalue weighted by Crippen LogP contribution is -2.09. The van der Waals surface area contributed by atoms with E-state index in [1.165, 1.54) is 6.08 Å². The van der Waals surface area contributed by atoms with Gasteiger partial charge in [0, 0.05) is 17.1 Å². The van der Waals surface area contributed by atoms with Crippen molar-refractivity contribution in [2.75, 3.05) is 19.1 Å². The fraction of sp³-hybridized carbons (Fsp3) is 0.0556. The first kappa shape index (κ1) is 27.8. The summed E-state index contributed by atoms with van der Waals surface area (Å²) in [5, 5.41) is 18.1. The van der Waals surface area contributed by atoms with E-state index in [4.69, 9.17) is 19.8 Å². The summed E-state index contributed by atoms with van der Waals surface area (Å²) in [4.78, 5) is 13.3. The molecular formula is C36H28N2O4. The predicted molar refractivity (Wildman–Crippen MR) is 166 cm³/mol. The highest BCUT2D eigenvalue weighted by atomic mass is 16.5. The highest BCUT2D eigenvalue weighted by molar-refractivity contribution is 5.96. The topological polar surface area (TPSA) is 82.8 Å². The number of hydrogen-bond acceptors (Lipinski definition) is 5. The molecule has 6 heteroatoms. The Hall–Kier alpha value is -5.80. The molecule has 206 valence electrons. The molecule has 0 aromatic heterocycles. The van der Waals surface area contributed by atoms with Gasteiger partial charge in [0.2, 0.25) is 0 Å². The second kappa shape index (κ2) is 12.6. The van der Waals surface area contributed by atoms with Gasteiger partial charge in [-0.2, -0.15) is 5.26 Å². The summed E-state index contributed by atoms with van der Waals surface area (Å²) >= 11 is 0. The maximum absolute atomic E-state index is 11.1. The average Bonchev–Trinajstić information content (AvgIpc) is 3.05. The molecule has 0 saturated heterocycles. The third-order valence-electron chi connectivity index (χ3n) is 6.91. The number of carboxylic acid groups (broad SMARTS) is 1. The van der Waals surface area contributed by atoms with Crippen LogP contribution in [0.15, 0.2) is 127 Å². The zero-order chi connectivity index (χ0) is 29.5. The number of hydrogen-bond donors (Lipinski definition) is 1. The summed E-state index contributed by atoms with van der Waals surface area (Å²) in [5.41, 5.74) is 7.60. The number of benzene rings is 5. The van der Waals surface area contributed by atoms with Crippen molar-refractivity contribution in [2.24, 2.45) is 0 Å². The lowest BCUT2D eigenvalue weighted by atomic mass is 9.99. The van der Waals surface area contributed by atoms with E-state index in [2.05, 4.69) is 53.4 Å². The first-order chi connectivity index (χ1) is 20.5. The fourth-order valence-corrected chi connectivity index (χ4v) is 4.65. The van der Waals surface area contributed by atoms with Gasteiger partial charge in [0.15, 0.2) is 0 Å². The minimum absolute atomic E-state index is 0.297. The molecule has 0 bridgehead atoms. The van der Waals surface area contributed by atoms with Crippen LogP contribution in [0.3, 0.4) is 0 Å². The monoisotopic (exact) mass is 552 g/mol. The second-order valence-corrected chi connectivity index (χ2v) is 9.45. The molecule has 42 heavy (non-hydrogen) atoms. The Morgan fingerprint density at radius 2 is 0.952 bits per heavy atom. The number of nitrogens with zero attached hydrogens (tertiary/aromatic N) is 2. The zero-order valence-corrected chi connectivity index (χ0v) is 23.2. The molecule has 0 aliphatic carbocycles. The molecular weight excluding hydrogens is 524 g/mol. The number of anilines is 3. The first-order valence-corrected chi connectivity index (χ1v) is 13.2. The highest BCUT2D eigenvalue weighted by Crippen LogP contribution is 2.37. The molecule has 0 aliphatic heterocycles. The van der Waals surface area contributed by atoms with Crippen LogP contribution in [0.5, 0.6) is 11.5 Å². The van der Waals surface area contributed by atoms with Crippen LogP contribution in [0.4, 0.5) is 17.1 Å². The Bertz CT molecular complexity index is 1690. The molecule has 1 N–H and O–H groups in total. The summed E-state index contributed by atoms with van der Waals surface area (Å²) < 4.78 is 10.7. The van der Waals surface area contributed by atoms with Gasteiger partial charge in [-0.3, -0.25) is 0 Å². The van der Waals surface area contributed by atoms with Gasteiger partial charge in [0.25, 0.3) is 0 Å². The quantitative estimate of drug-likeness (QED) is 0.146. The van der Waals surface area contributed by atoms with Crippen molar-refractivity contribution in [3.8, 4) is 39.8 Å². The Kier molecular flexibility index (Phi) is 8.32. The highest BCUT2D eigenvalue weighted by Gasteiger charge is 2.13. The SMILES string of the molecule is COc1ccc(N(c2ccc(OC)cc2)c2ccc(-c3ccc(-c4ccc(/C=C(\C#N)C(=O)O)cc4)cc3)cc2)cc1. The number of rotatable bonds is 9. The Morgan fingerprint density at radius 3 is 1.29 bits per heavy atom. The number of methoxy groups -OCH3 is 2. The van der Waals surface area contributed by atoms with Gasteiger partial charge in [0.1, 0.15) is 23.1 Å². The van der Waals surface area contributed by atoms with Crippen molar-refractivity contribution in [2.45, 2.75) is 0 Å². The van der Waals surface area contributed by atoms with Gasteiger partial charge in [-0.1, -0.05) is 60.7 Å².